The van der Waals surface area contributed by atoms with Gasteiger partial charge in [-0.1, -0.05) is 0 Å². The van der Waals surface area contributed by atoms with Gasteiger partial charge in [-0.15, -0.1) is 0 Å². The molecule has 2 rings (SSSR count). The Kier molecular flexibility index (Phi) is 4.58. The Bertz CT molecular complexity index is 646. The molecule has 1 aromatic heterocycles. The number of hydrogen-bond acceptors (Lipinski definition) is 9. The van der Waals surface area contributed by atoms with Crippen LogP contribution in [0.25, 0.3) is 0 Å². The van der Waals surface area contributed by atoms with Crippen LogP contribution < -0.4 is 11.0 Å². The third-order valence-corrected chi connectivity index (χ3v) is 3.33. The van der Waals surface area contributed by atoms with E-state index in [0.29, 0.717) is 0 Å². The highest BCUT2D eigenvalue weighted by atomic mass is 32.2. The molecule has 0 aliphatic carbocycles. The minimum Gasteiger partial charge on any atom is -0.394 e. The lowest BCUT2D eigenvalue weighted by atomic mass is 10.1. The van der Waals surface area contributed by atoms with E-state index in [-0.39, 0.29) is 5.82 Å². The van der Waals surface area contributed by atoms with Crippen molar-refractivity contribution in [1.82, 2.24) is 9.97 Å². The van der Waals surface area contributed by atoms with Gasteiger partial charge in [-0.25, -0.2) is 4.79 Å². The van der Waals surface area contributed by atoms with Crippen LogP contribution in [0.5, 0.6) is 0 Å². The Morgan fingerprint density at radius 2 is 2.29 bits per heavy atom. The highest BCUT2D eigenvalue weighted by molar-refractivity contribution is 7.86. The summed E-state index contributed by atoms with van der Waals surface area (Å²) in [5.41, 5.74) is -0.602. The second-order valence-electron chi connectivity index (χ2n) is 4.46. The number of H-pyrrole nitrogens is 1. The van der Waals surface area contributed by atoms with Crippen LogP contribution >= 0.6 is 0 Å². The van der Waals surface area contributed by atoms with E-state index in [1.807, 2.05) is 0 Å². The molecule has 2 heterocycles. The number of aromatic nitrogens is 2. The van der Waals surface area contributed by atoms with Crippen molar-refractivity contribution in [3.8, 4) is 0 Å². The summed E-state index contributed by atoms with van der Waals surface area (Å²) >= 11 is 0. The van der Waals surface area contributed by atoms with E-state index in [9.17, 15) is 18.3 Å². The number of nitrogens with zero attached hydrogens (tertiary/aromatic N) is 1. The number of aliphatic hydroxyl groups is 2. The van der Waals surface area contributed by atoms with Crippen molar-refractivity contribution in [2.24, 2.45) is 0 Å². The minimum absolute atomic E-state index is 0.125. The van der Waals surface area contributed by atoms with E-state index in [4.69, 9.17) is 14.0 Å². The van der Waals surface area contributed by atoms with E-state index in [2.05, 4.69) is 15.3 Å². The smallest absolute Gasteiger partial charge is 0.346 e. The zero-order valence-corrected chi connectivity index (χ0v) is 11.8. The quantitative estimate of drug-likeness (QED) is 0.435. The Morgan fingerprint density at radius 3 is 2.86 bits per heavy atom. The summed E-state index contributed by atoms with van der Waals surface area (Å²) in [7, 11) is -3.84. The lowest BCUT2D eigenvalue weighted by Gasteiger charge is -2.18. The van der Waals surface area contributed by atoms with Crippen molar-refractivity contribution in [3.05, 3.63) is 22.7 Å². The molecule has 0 bridgehead atoms. The molecule has 11 heteroatoms. The highest BCUT2D eigenvalue weighted by Gasteiger charge is 2.46. The van der Waals surface area contributed by atoms with Crippen LogP contribution in [0.4, 0.5) is 5.82 Å². The van der Waals surface area contributed by atoms with Crippen LogP contribution in [0.1, 0.15) is 0 Å². The van der Waals surface area contributed by atoms with Crippen molar-refractivity contribution in [2.45, 2.75) is 24.5 Å². The minimum atomic E-state index is -3.84. The maximum Gasteiger partial charge on any atom is 0.346 e. The van der Waals surface area contributed by atoms with Crippen LogP contribution in [0.15, 0.2) is 17.1 Å². The molecule has 1 aromatic rings. The number of rotatable bonds is 5. The van der Waals surface area contributed by atoms with Crippen LogP contribution in [0.2, 0.25) is 0 Å². The molecule has 1 aliphatic rings. The first kappa shape index (κ1) is 15.9. The van der Waals surface area contributed by atoms with Crippen molar-refractivity contribution in [3.63, 3.8) is 0 Å². The number of hydrogen-bond donors (Lipinski definition) is 4. The molecule has 0 spiro atoms. The molecular weight excluding hydrogens is 306 g/mol. The topological polar surface area (TPSA) is 151 Å². The van der Waals surface area contributed by atoms with E-state index in [0.717, 1.165) is 6.26 Å². The van der Waals surface area contributed by atoms with Gasteiger partial charge in [0.05, 0.1) is 12.9 Å². The van der Waals surface area contributed by atoms with E-state index in [1.165, 1.54) is 12.3 Å². The van der Waals surface area contributed by atoms with Gasteiger partial charge in [0.15, 0.2) is 6.23 Å². The SMILES string of the molecule is CS(=O)(=O)O[C@@H]1[C@@H](O)[C@H](Nc2cc[nH]c(=O)n2)O[C@@H]1CO. The molecule has 1 saturated heterocycles. The van der Waals surface area contributed by atoms with E-state index >= 15 is 0 Å². The molecule has 21 heavy (non-hydrogen) atoms. The summed E-state index contributed by atoms with van der Waals surface area (Å²) < 4.78 is 32.3. The summed E-state index contributed by atoms with van der Waals surface area (Å²) in [6.07, 6.45) is -2.58. The van der Waals surface area contributed by atoms with Crippen LogP contribution in [-0.4, -0.2) is 66.0 Å². The molecular formula is C10H15N3O7S. The maximum absolute atomic E-state index is 11.2. The molecule has 1 aliphatic heterocycles. The number of nitrogens with one attached hydrogen (secondary N) is 2. The van der Waals surface area contributed by atoms with Crippen LogP contribution in [-0.2, 0) is 19.0 Å². The van der Waals surface area contributed by atoms with Gasteiger partial charge in [0, 0.05) is 6.20 Å². The lowest BCUT2D eigenvalue weighted by Crippen LogP contribution is -2.40. The van der Waals surface area contributed by atoms with Crippen molar-refractivity contribution >= 4 is 15.9 Å². The van der Waals surface area contributed by atoms with Gasteiger partial charge in [-0.05, 0) is 6.07 Å². The largest absolute Gasteiger partial charge is 0.394 e. The summed E-state index contributed by atoms with van der Waals surface area (Å²) in [5, 5.41) is 21.8. The molecule has 0 amide bonds. The fourth-order valence-corrected chi connectivity index (χ4v) is 2.56. The molecule has 4 atom stereocenters. The second-order valence-corrected chi connectivity index (χ2v) is 6.06. The van der Waals surface area contributed by atoms with Crippen LogP contribution in [0.3, 0.4) is 0 Å². The predicted octanol–water partition coefficient (Wildman–Crippen LogP) is -2.40. The van der Waals surface area contributed by atoms with Gasteiger partial charge in [0.25, 0.3) is 10.1 Å². The normalized spacial score (nSPS) is 29.5. The van der Waals surface area contributed by atoms with Gasteiger partial charge >= 0.3 is 5.69 Å². The molecule has 1 fully saturated rings. The fourth-order valence-electron chi connectivity index (χ4n) is 1.92. The predicted molar refractivity (Wildman–Crippen MR) is 70.0 cm³/mol. The lowest BCUT2D eigenvalue weighted by molar-refractivity contribution is -0.00722. The summed E-state index contributed by atoms with van der Waals surface area (Å²) in [6, 6.07) is 1.43. The standard InChI is InChI=1S/C10H15N3O7S/c1-21(17,18)20-8-5(4-14)19-9(7(8)15)12-6-2-3-11-10(16)13-6/h2-3,5,7-9,14-15H,4H2,1H3,(H2,11,12,13,16)/t5-,7-,8+,9-/m1/s1. The van der Waals surface area contributed by atoms with Crippen molar-refractivity contribution in [2.75, 3.05) is 18.2 Å². The summed E-state index contributed by atoms with van der Waals surface area (Å²) in [4.78, 5) is 17.0. The molecule has 0 saturated carbocycles. The molecule has 118 valence electrons. The average molecular weight is 321 g/mol. The van der Waals surface area contributed by atoms with E-state index < -0.39 is 47.0 Å². The molecule has 0 aromatic carbocycles. The van der Waals surface area contributed by atoms with Gasteiger partial charge in [0.1, 0.15) is 24.1 Å². The van der Waals surface area contributed by atoms with Crippen LogP contribution in [0, 0.1) is 0 Å². The maximum atomic E-state index is 11.2. The molecule has 10 nitrogen and oxygen atoms in total. The first-order valence-corrected chi connectivity index (χ1v) is 7.77. The number of aliphatic hydroxyl groups excluding tert-OH is 2. The zero-order valence-electron chi connectivity index (χ0n) is 11.0. The van der Waals surface area contributed by atoms with Gasteiger partial charge < -0.3 is 25.3 Å². The summed E-state index contributed by atoms with van der Waals surface area (Å²) in [5.74, 6) is 0.125. The second kappa shape index (κ2) is 6.07. The monoisotopic (exact) mass is 321 g/mol. The Hall–Kier alpha value is -1.53. The zero-order chi connectivity index (χ0) is 15.6. The molecule has 4 N–H and O–H groups in total. The Morgan fingerprint density at radius 1 is 1.57 bits per heavy atom. The Balaban J connectivity index is 2.13. The first-order chi connectivity index (χ1) is 9.80. The first-order valence-electron chi connectivity index (χ1n) is 5.95. The highest BCUT2D eigenvalue weighted by Crippen LogP contribution is 2.25. The third-order valence-electron chi connectivity index (χ3n) is 2.76. The number of ether oxygens (including phenoxy) is 1. The molecule has 0 radical (unpaired) electrons. The van der Waals surface area contributed by atoms with Crippen molar-refractivity contribution in [1.29, 1.82) is 0 Å². The average Bonchev–Trinajstić information content (AvgIpc) is 2.65. The Labute approximate surface area is 119 Å². The van der Waals surface area contributed by atoms with Gasteiger partial charge in [-0.3, -0.25) is 4.18 Å². The van der Waals surface area contributed by atoms with Crippen molar-refractivity contribution < 1.29 is 27.6 Å². The van der Waals surface area contributed by atoms with Gasteiger partial charge in [-0.2, -0.15) is 13.4 Å². The number of anilines is 1. The molecule has 0 unspecified atom stereocenters. The third kappa shape index (κ3) is 3.98. The fraction of sp³-hybridized carbons (Fsp3) is 0.600. The van der Waals surface area contributed by atoms with Gasteiger partial charge in [0.2, 0.25) is 0 Å². The van der Waals surface area contributed by atoms with E-state index in [1.54, 1.807) is 0 Å². The number of aromatic amines is 1. The summed E-state index contributed by atoms with van der Waals surface area (Å²) in [6.45, 7) is -0.543.